The molecule has 0 saturated heterocycles. The Hall–Kier alpha value is 0.584. The van der Waals surface area contributed by atoms with E-state index in [-0.39, 0.29) is 23.1 Å². The molecule has 2 saturated carbocycles. The number of halogens is 3. The van der Waals surface area contributed by atoms with Gasteiger partial charge in [0.1, 0.15) is 0 Å². The van der Waals surface area contributed by atoms with Gasteiger partial charge in [-0.05, 0) is 121 Å². The van der Waals surface area contributed by atoms with Crippen LogP contribution in [-0.2, 0) is 26.6 Å². The molecule has 10 heteroatoms. The van der Waals surface area contributed by atoms with Gasteiger partial charge in [0.05, 0.1) is 0 Å². The number of alkyl halides is 3. The van der Waals surface area contributed by atoms with Gasteiger partial charge in [0, 0.05) is 6.61 Å². The maximum Gasteiger partial charge on any atom is 2.00 e. The number of aliphatic hydroxyl groups is 1. The first-order valence-corrected chi connectivity index (χ1v) is 17.1. The molecule has 0 spiro atoms. The summed E-state index contributed by atoms with van der Waals surface area (Å²) >= 11 is 0. The van der Waals surface area contributed by atoms with Crippen LogP contribution in [0.1, 0.15) is 97.8 Å². The average molecular weight is 643 g/mol. The third-order valence-corrected chi connectivity index (χ3v) is 8.53. The van der Waals surface area contributed by atoms with Gasteiger partial charge in [-0.25, -0.2) is 8.42 Å². The van der Waals surface area contributed by atoms with Gasteiger partial charge in [0.15, 0.2) is 10.1 Å². The first-order valence-electron chi connectivity index (χ1n) is 13.8. The minimum atomic E-state index is -6.09. The Morgan fingerprint density at radius 2 is 0.897 bits per heavy atom. The van der Waals surface area contributed by atoms with Gasteiger partial charge in [0.25, 0.3) is 0 Å². The van der Waals surface area contributed by atoms with Crippen molar-refractivity contribution in [3.05, 3.63) is 58.3 Å². The van der Waals surface area contributed by atoms with Crippen molar-refractivity contribution in [3.8, 4) is 0 Å². The SMILES string of the molecule is CCCP(CCC)CCC.O=S(=O)([O-])C(F)(F)F.[CH2-]CCO.[CH]1[CH]CC[CH][CH]CC1.[CH]1[CH]CC[CH][CH]CC1.[Ni+2]. The number of rotatable bonds is 7. The molecule has 234 valence electrons. The number of hydrogen-bond donors (Lipinski definition) is 1. The molecule has 0 aromatic carbocycles. The Bertz CT molecular complexity index is 473. The minimum Gasteiger partial charge on any atom is -0.741 e. The minimum absolute atomic E-state index is 0. The van der Waals surface area contributed by atoms with E-state index in [2.05, 4.69) is 79.1 Å². The van der Waals surface area contributed by atoms with Gasteiger partial charge in [-0.15, -0.1) is 7.92 Å². The topological polar surface area (TPSA) is 77.4 Å². The smallest absolute Gasteiger partial charge is 0.741 e. The Kier molecular flexibility index (Phi) is 41.5. The summed E-state index contributed by atoms with van der Waals surface area (Å²) in [4.78, 5) is 0. The van der Waals surface area contributed by atoms with E-state index in [4.69, 9.17) is 18.1 Å². The fourth-order valence-electron chi connectivity index (χ4n) is 3.00. The van der Waals surface area contributed by atoms with Crippen LogP contribution in [-0.4, -0.2) is 48.7 Å². The summed E-state index contributed by atoms with van der Waals surface area (Å²) in [7, 11) is -5.65. The van der Waals surface area contributed by atoms with Gasteiger partial charge in [-0.1, -0.05) is 40.0 Å². The predicted octanol–water partition coefficient (Wildman–Crippen LogP) is 8.71. The molecule has 0 bridgehead atoms. The van der Waals surface area contributed by atoms with Gasteiger partial charge in [-0.3, -0.25) is 0 Å². The molecule has 0 atom stereocenters. The zero-order valence-electron chi connectivity index (χ0n) is 24.1. The molecule has 0 heterocycles. The van der Waals surface area contributed by atoms with Crippen molar-refractivity contribution in [1.29, 1.82) is 0 Å². The molecule has 0 aromatic heterocycles. The van der Waals surface area contributed by atoms with Crippen molar-refractivity contribution in [1.82, 2.24) is 0 Å². The molecule has 0 amide bonds. The van der Waals surface area contributed by atoms with Crippen molar-refractivity contribution in [2.45, 2.75) is 103 Å². The Labute approximate surface area is 251 Å². The molecule has 39 heavy (non-hydrogen) atoms. The molecule has 0 aliphatic heterocycles. The van der Waals surface area contributed by atoms with Crippen LogP contribution in [0.3, 0.4) is 0 Å². The van der Waals surface area contributed by atoms with Gasteiger partial charge >= 0.3 is 22.0 Å². The molecule has 2 fully saturated rings. The number of hydrogen-bond acceptors (Lipinski definition) is 4. The predicted molar refractivity (Wildman–Crippen MR) is 157 cm³/mol. The molecule has 2 aliphatic rings. The van der Waals surface area contributed by atoms with Crippen LogP contribution in [0.2, 0.25) is 0 Å². The van der Waals surface area contributed by atoms with Crippen molar-refractivity contribution in [3.63, 3.8) is 0 Å². The normalized spacial score (nSPS) is 16.3. The maximum absolute atomic E-state index is 10.7. The van der Waals surface area contributed by atoms with Crippen molar-refractivity contribution < 1.29 is 47.7 Å². The quantitative estimate of drug-likeness (QED) is 0.0990. The fraction of sp³-hybridized carbons (Fsp3) is 0.690. The summed E-state index contributed by atoms with van der Waals surface area (Å²) in [5, 5.41) is 7.81. The largest absolute Gasteiger partial charge is 2.00 e. The van der Waals surface area contributed by atoms with E-state index < -0.39 is 15.6 Å². The zero-order valence-corrected chi connectivity index (χ0v) is 26.8. The van der Waals surface area contributed by atoms with E-state index >= 15 is 0 Å². The molecule has 0 aromatic rings. The average Bonchev–Trinajstić information content (AvgIpc) is 2.79. The molecule has 2 aliphatic carbocycles. The Morgan fingerprint density at radius 1 is 0.718 bits per heavy atom. The summed E-state index contributed by atoms with van der Waals surface area (Å²) in [5.41, 5.74) is -5.65. The monoisotopic (exact) mass is 642 g/mol. The molecule has 0 unspecified atom stereocenters. The second kappa shape index (κ2) is 34.8. The summed E-state index contributed by atoms with van der Waals surface area (Å²) in [6.07, 6.45) is 37.3. The Morgan fingerprint density at radius 3 is 1.00 bits per heavy atom. The molecule has 2 rings (SSSR count). The molecular weight excluding hydrogens is 591 g/mol. The summed E-state index contributed by atoms with van der Waals surface area (Å²) in [6.45, 7) is 10.5. The van der Waals surface area contributed by atoms with Gasteiger partial charge in [-0.2, -0.15) is 19.6 Å². The van der Waals surface area contributed by atoms with Crippen LogP contribution in [0.15, 0.2) is 0 Å². The van der Waals surface area contributed by atoms with Crippen LogP contribution < -0.4 is 0 Å². The standard InChI is InChI=1S/C9H21P.2C8H12.C3H7O.CHF3O3S.Ni/c1-4-7-10(8-5-2)9-6-3;2*1-2-4-6-8-7-5-3-1;1-2-3-4;2-1(3,4)8(5,6)7;/h4-9H2,1-3H3;2*1-2,7-8H,3-6H2;4H,1-3H2;(H,5,6,7);/q;;;-1;;+2/p-1. The molecule has 4 nitrogen and oxygen atoms in total. The second-order valence-electron chi connectivity index (χ2n) is 8.51. The van der Waals surface area contributed by atoms with Crippen molar-refractivity contribution in [2.75, 3.05) is 25.1 Å². The van der Waals surface area contributed by atoms with E-state index in [0.717, 1.165) is 0 Å². The third kappa shape index (κ3) is 40.8. The maximum atomic E-state index is 10.7. The molecule has 8 radical (unpaired) electrons. The van der Waals surface area contributed by atoms with Crippen LogP contribution in [0.4, 0.5) is 13.2 Å². The summed E-state index contributed by atoms with van der Waals surface area (Å²) in [5.74, 6) is 0. The number of aliphatic hydroxyl groups excluding tert-OH is 1. The third-order valence-electron chi connectivity index (χ3n) is 4.73. The van der Waals surface area contributed by atoms with Crippen LogP contribution in [0.5, 0.6) is 0 Å². The van der Waals surface area contributed by atoms with Crippen molar-refractivity contribution in [2.24, 2.45) is 0 Å². The summed E-state index contributed by atoms with van der Waals surface area (Å²) in [6, 6.07) is 0. The van der Waals surface area contributed by atoms with Crippen LogP contribution >= 0.6 is 7.92 Å². The van der Waals surface area contributed by atoms with Crippen molar-refractivity contribution >= 4 is 18.0 Å². The van der Waals surface area contributed by atoms with Gasteiger partial charge in [0.2, 0.25) is 0 Å². The van der Waals surface area contributed by atoms with Crippen LogP contribution in [0, 0.1) is 58.3 Å². The second-order valence-corrected chi connectivity index (χ2v) is 12.6. The van der Waals surface area contributed by atoms with Gasteiger partial charge < -0.3 is 16.6 Å². The van der Waals surface area contributed by atoms with E-state index in [9.17, 15) is 13.2 Å². The first-order chi connectivity index (χ1) is 18.0. The summed E-state index contributed by atoms with van der Waals surface area (Å²) < 4.78 is 58.9. The molecule has 1 N–H and O–H groups in total. The van der Waals surface area contributed by atoms with E-state index in [0.29, 0.717) is 14.3 Å². The van der Waals surface area contributed by atoms with E-state index in [1.807, 2.05) is 0 Å². The zero-order chi connectivity index (χ0) is 29.5. The van der Waals surface area contributed by atoms with Crippen LogP contribution in [0.25, 0.3) is 0 Å². The van der Waals surface area contributed by atoms with E-state index in [1.165, 1.54) is 89.1 Å². The fourth-order valence-corrected chi connectivity index (χ4v) is 5.56. The van der Waals surface area contributed by atoms with E-state index in [1.54, 1.807) is 0 Å². The first kappa shape index (κ1) is 46.5. The molecular formula is C29H52F3NiO4PS. The Balaban J connectivity index is -0.000000199.